The van der Waals surface area contributed by atoms with Gasteiger partial charge in [-0.05, 0) is 26.8 Å². The second kappa shape index (κ2) is 6.33. The van der Waals surface area contributed by atoms with Crippen LogP contribution in [0, 0.1) is 6.92 Å². The molecule has 0 aromatic carbocycles. The zero-order valence-corrected chi connectivity index (χ0v) is 11.4. The molecule has 0 aliphatic heterocycles. The first-order valence-corrected chi connectivity index (χ1v) is 6.41. The van der Waals surface area contributed by atoms with E-state index in [0.29, 0.717) is 24.3 Å². The quantitative estimate of drug-likeness (QED) is 0.791. The van der Waals surface area contributed by atoms with Crippen molar-refractivity contribution in [3.8, 4) is 0 Å². The summed E-state index contributed by atoms with van der Waals surface area (Å²) in [5.41, 5.74) is 0. The van der Waals surface area contributed by atoms with E-state index in [9.17, 15) is 0 Å². The number of nitrogens with one attached hydrogen (secondary N) is 2. The number of hydrogen-bond donors (Lipinski definition) is 2. The highest BCUT2D eigenvalue weighted by Gasteiger charge is 2.13. The summed E-state index contributed by atoms with van der Waals surface area (Å²) in [6, 6.07) is 0.419. The molecular formula is C12H19N5O2. The lowest BCUT2D eigenvalue weighted by Crippen LogP contribution is -2.19. The third kappa shape index (κ3) is 3.78. The van der Waals surface area contributed by atoms with Crippen LogP contribution in [0.15, 0.2) is 15.0 Å². The third-order valence-corrected chi connectivity index (χ3v) is 2.57. The predicted molar refractivity (Wildman–Crippen MR) is 69.6 cm³/mol. The zero-order valence-electron chi connectivity index (χ0n) is 11.4. The largest absolute Gasteiger partial charge is 0.444 e. The molecule has 0 saturated heterocycles. The highest BCUT2D eigenvalue weighted by atomic mass is 16.4. The summed E-state index contributed by atoms with van der Waals surface area (Å²) in [4.78, 5) is 4.08. The first-order valence-electron chi connectivity index (χ1n) is 6.41. The Kier molecular flexibility index (Phi) is 4.51. The molecule has 0 radical (unpaired) electrons. The number of rotatable bonds is 7. The summed E-state index contributed by atoms with van der Waals surface area (Å²) in [5.74, 6) is 1.94. The number of oxazole rings is 1. The summed E-state index contributed by atoms with van der Waals surface area (Å²) in [6.07, 6.45) is 2.74. The minimum Gasteiger partial charge on any atom is -0.444 e. The van der Waals surface area contributed by atoms with Crippen LogP contribution < -0.4 is 10.6 Å². The molecule has 0 aliphatic rings. The highest BCUT2D eigenvalue weighted by Crippen LogP contribution is 2.14. The first kappa shape index (κ1) is 13.5. The Balaban J connectivity index is 1.86. The number of hydrogen-bond acceptors (Lipinski definition) is 7. The van der Waals surface area contributed by atoms with E-state index in [2.05, 4.69) is 32.7 Å². The van der Waals surface area contributed by atoms with Crippen molar-refractivity contribution in [1.82, 2.24) is 20.5 Å². The van der Waals surface area contributed by atoms with Crippen molar-refractivity contribution >= 4 is 6.01 Å². The van der Waals surface area contributed by atoms with Gasteiger partial charge >= 0.3 is 6.01 Å². The van der Waals surface area contributed by atoms with Gasteiger partial charge in [0, 0.05) is 0 Å². The number of anilines is 1. The van der Waals surface area contributed by atoms with E-state index >= 15 is 0 Å². The standard InChI is InChI=1S/C12H19N5O2/c1-4-5-13-9(3)11-16-17-12(19-11)15-7-10-14-6-8(2)18-10/h6,9,13H,4-5,7H2,1-3H3,(H,15,17). The minimum atomic E-state index is 0.0481. The van der Waals surface area contributed by atoms with Gasteiger partial charge in [0.2, 0.25) is 11.8 Å². The van der Waals surface area contributed by atoms with E-state index in [1.54, 1.807) is 6.20 Å². The molecule has 2 aromatic heterocycles. The summed E-state index contributed by atoms with van der Waals surface area (Å²) in [5, 5.41) is 14.2. The lowest BCUT2D eigenvalue weighted by molar-refractivity contribution is 0.420. The smallest absolute Gasteiger partial charge is 0.315 e. The average molecular weight is 265 g/mol. The first-order chi connectivity index (χ1) is 9.19. The van der Waals surface area contributed by atoms with Gasteiger partial charge in [-0.2, -0.15) is 0 Å². The maximum absolute atomic E-state index is 5.51. The highest BCUT2D eigenvalue weighted by molar-refractivity contribution is 5.17. The maximum atomic E-state index is 5.51. The van der Waals surface area contributed by atoms with Crippen molar-refractivity contribution in [1.29, 1.82) is 0 Å². The van der Waals surface area contributed by atoms with Gasteiger partial charge in [-0.1, -0.05) is 12.0 Å². The van der Waals surface area contributed by atoms with E-state index in [1.165, 1.54) is 0 Å². The second-order valence-electron chi connectivity index (χ2n) is 4.34. The molecule has 0 bridgehead atoms. The van der Waals surface area contributed by atoms with E-state index in [-0.39, 0.29) is 6.04 Å². The lowest BCUT2D eigenvalue weighted by Gasteiger charge is -2.07. The van der Waals surface area contributed by atoms with Crippen LogP contribution in [-0.4, -0.2) is 21.7 Å². The van der Waals surface area contributed by atoms with Crippen LogP contribution in [0.25, 0.3) is 0 Å². The Labute approximate surface area is 111 Å². The Bertz CT molecular complexity index is 508. The number of aromatic nitrogens is 3. The average Bonchev–Trinajstić information content (AvgIpc) is 3.02. The van der Waals surface area contributed by atoms with Crippen LogP contribution in [0.5, 0.6) is 0 Å². The van der Waals surface area contributed by atoms with Crippen LogP contribution in [0.3, 0.4) is 0 Å². The molecule has 7 nitrogen and oxygen atoms in total. The van der Waals surface area contributed by atoms with Crippen molar-refractivity contribution < 1.29 is 8.83 Å². The molecule has 2 aromatic rings. The summed E-state index contributed by atoms with van der Waals surface area (Å²) in [7, 11) is 0. The SMILES string of the molecule is CCCNC(C)c1nnc(NCc2ncc(C)o2)o1. The van der Waals surface area contributed by atoms with Gasteiger partial charge in [-0.3, -0.25) is 0 Å². The topological polar surface area (TPSA) is 89.0 Å². The van der Waals surface area contributed by atoms with Crippen LogP contribution >= 0.6 is 0 Å². The van der Waals surface area contributed by atoms with Gasteiger partial charge in [0.1, 0.15) is 5.76 Å². The normalized spacial score (nSPS) is 12.6. The summed E-state index contributed by atoms with van der Waals surface area (Å²) >= 11 is 0. The van der Waals surface area contributed by atoms with Crippen LogP contribution in [-0.2, 0) is 6.54 Å². The third-order valence-electron chi connectivity index (χ3n) is 2.57. The van der Waals surface area contributed by atoms with Crippen LogP contribution in [0.1, 0.15) is 43.9 Å². The van der Waals surface area contributed by atoms with Crippen LogP contribution in [0.2, 0.25) is 0 Å². The van der Waals surface area contributed by atoms with Gasteiger partial charge in [-0.15, -0.1) is 5.10 Å². The molecule has 0 fully saturated rings. The summed E-state index contributed by atoms with van der Waals surface area (Å²) in [6.45, 7) is 7.29. The fourth-order valence-electron chi connectivity index (χ4n) is 1.56. The fraction of sp³-hybridized carbons (Fsp3) is 0.583. The molecule has 2 rings (SSSR count). The molecule has 0 aliphatic carbocycles. The molecule has 1 atom stereocenters. The molecule has 1 unspecified atom stereocenters. The van der Waals surface area contributed by atoms with E-state index in [1.807, 2.05) is 13.8 Å². The number of aryl methyl sites for hydroxylation is 1. The molecule has 2 heterocycles. The Morgan fingerprint density at radius 3 is 2.84 bits per heavy atom. The summed E-state index contributed by atoms with van der Waals surface area (Å²) < 4.78 is 10.8. The van der Waals surface area contributed by atoms with Crippen molar-refractivity contribution in [3.05, 3.63) is 23.7 Å². The molecular weight excluding hydrogens is 246 g/mol. The van der Waals surface area contributed by atoms with Crippen molar-refractivity contribution in [2.24, 2.45) is 0 Å². The van der Waals surface area contributed by atoms with Gasteiger partial charge in [0.15, 0.2) is 0 Å². The Morgan fingerprint density at radius 2 is 2.16 bits per heavy atom. The lowest BCUT2D eigenvalue weighted by atomic mass is 10.3. The molecule has 7 heteroatoms. The monoisotopic (exact) mass is 265 g/mol. The molecule has 0 spiro atoms. The molecule has 19 heavy (non-hydrogen) atoms. The molecule has 104 valence electrons. The minimum absolute atomic E-state index is 0.0481. The van der Waals surface area contributed by atoms with E-state index in [0.717, 1.165) is 18.7 Å². The van der Waals surface area contributed by atoms with Crippen molar-refractivity contribution in [3.63, 3.8) is 0 Å². The van der Waals surface area contributed by atoms with Gasteiger partial charge in [-0.25, -0.2) is 4.98 Å². The van der Waals surface area contributed by atoms with Crippen molar-refractivity contribution in [2.75, 3.05) is 11.9 Å². The second-order valence-corrected chi connectivity index (χ2v) is 4.34. The Morgan fingerprint density at radius 1 is 1.32 bits per heavy atom. The molecule has 2 N–H and O–H groups in total. The van der Waals surface area contributed by atoms with Gasteiger partial charge in [0.25, 0.3) is 0 Å². The zero-order chi connectivity index (χ0) is 13.7. The van der Waals surface area contributed by atoms with Gasteiger partial charge < -0.3 is 19.5 Å². The van der Waals surface area contributed by atoms with Crippen molar-refractivity contribution in [2.45, 2.75) is 39.8 Å². The van der Waals surface area contributed by atoms with Gasteiger partial charge in [0.05, 0.1) is 18.8 Å². The predicted octanol–water partition coefficient (Wildman–Crippen LogP) is 2.04. The van der Waals surface area contributed by atoms with Crippen LogP contribution in [0.4, 0.5) is 6.01 Å². The molecule has 0 amide bonds. The van der Waals surface area contributed by atoms with E-state index in [4.69, 9.17) is 8.83 Å². The fourth-order valence-corrected chi connectivity index (χ4v) is 1.56. The molecule has 0 saturated carbocycles. The Hall–Kier alpha value is -1.89. The maximum Gasteiger partial charge on any atom is 0.315 e. The number of nitrogens with zero attached hydrogens (tertiary/aromatic N) is 3. The van der Waals surface area contributed by atoms with E-state index < -0.39 is 0 Å².